The van der Waals surface area contributed by atoms with Crippen molar-refractivity contribution in [2.75, 3.05) is 12.3 Å². The minimum atomic E-state index is -0.193. The Morgan fingerprint density at radius 1 is 1.41 bits per heavy atom. The fraction of sp³-hybridized carbons (Fsp3) is 0.438. The predicted octanol–water partition coefficient (Wildman–Crippen LogP) is 1.90. The van der Waals surface area contributed by atoms with Crippen LogP contribution in [0.1, 0.15) is 37.0 Å². The Kier molecular flexibility index (Phi) is 3.70. The molecule has 1 amide bonds. The van der Waals surface area contributed by atoms with Crippen molar-refractivity contribution in [3.8, 4) is 0 Å². The molecule has 1 aliphatic heterocycles. The van der Waals surface area contributed by atoms with Crippen molar-refractivity contribution in [2.24, 2.45) is 0 Å². The van der Waals surface area contributed by atoms with Gasteiger partial charge >= 0.3 is 0 Å². The SMILES string of the molecule is CC1(C)CC(NC(=O)c2ccc3c(N)ncnc3c2)CCO1. The third-order valence-corrected chi connectivity index (χ3v) is 3.96. The summed E-state index contributed by atoms with van der Waals surface area (Å²) in [5, 5.41) is 3.83. The van der Waals surface area contributed by atoms with Crippen molar-refractivity contribution < 1.29 is 9.53 Å². The number of fused-ring (bicyclic) bond motifs is 1. The zero-order valence-electron chi connectivity index (χ0n) is 12.8. The number of ether oxygens (including phenoxy) is 1. The number of amides is 1. The lowest BCUT2D eigenvalue weighted by atomic mass is 9.93. The molecule has 1 fully saturated rings. The molecule has 3 rings (SSSR count). The maximum atomic E-state index is 12.4. The van der Waals surface area contributed by atoms with Gasteiger partial charge in [0.25, 0.3) is 5.91 Å². The van der Waals surface area contributed by atoms with Crippen LogP contribution in [0.25, 0.3) is 10.9 Å². The standard InChI is InChI=1S/C16H20N4O2/c1-16(2)8-11(5-6-22-16)20-15(21)10-3-4-12-13(7-10)18-9-19-14(12)17/h3-4,7,9,11H,5-6,8H2,1-2H3,(H,20,21)(H2,17,18,19). The van der Waals surface area contributed by atoms with Gasteiger partial charge in [0.1, 0.15) is 12.1 Å². The number of anilines is 1. The van der Waals surface area contributed by atoms with E-state index in [9.17, 15) is 4.79 Å². The molecule has 1 unspecified atom stereocenters. The Bertz CT molecular complexity index is 714. The van der Waals surface area contributed by atoms with Crippen LogP contribution in [-0.4, -0.2) is 34.1 Å². The van der Waals surface area contributed by atoms with Gasteiger partial charge in [-0.3, -0.25) is 4.79 Å². The molecule has 0 spiro atoms. The number of nitrogens with zero attached hydrogens (tertiary/aromatic N) is 2. The van der Waals surface area contributed by atoms with Gasteiger partial charge in [-0.25, -0.2) is 9.97 Å². The van der Waals surface area contributed by atoms with E-state index >= 15 is 0 Å². The lowest BCUT2D eigenvalue weighted by molar-refractivity contribution is -0.0615. The molecule has 3 N–H and O–H groups in total. The summed E-state index contributed by atoms with van der Waals surface area (Å²) in [5.74, 6) is 0.324. The molecule has 0 bridgehead atoms. The molecule has 6 nitrogen and oxygen atoms in total. The van der Waals surface area contributed by atoms with E-state index in [0.29, 0.717) is 23.5 Å². The number of benzene rings is 1. The van der Waals surface area contributed by atoms with Crippen LogP contribution in [0.3, 0.4) is 0 Å². The van der Waals surface area contributed by atoms with Gasteiger partial charge in [0, 0.05) is 23.6 Å². The third kappa shape index (κ3) is 3.01. The van der Waals surface area contributed by atoms with E-state index in [1.807, 2.05) is 13.8 Å². The number of carbonyl (C=O) groups is 1. The molecule has 1 aliphatic rings. The minimum Gasteiger partial charge on any atom is -0.383 e. The maximum Gasteiger partial charge on any atom is 0.251 e. The largest absolute Gasteiger partial charge is 0.383 e. The van der Waals surface area contributed by atoms with Crippen LogP contribution in [0.4, 0.5) is 5.82 Å². The second-order valence-corrected chi connectivity index (χ2v) is 6.26. The molecule has 1 aromatic heterocycles. The normalized spacial score (nSPS) is 20.7. The van der Waals surface area contributed by atoms with E-state index in [0.717, 1.165) is 18.2 Å². The molecule has 6 heteroatoms. The predicted molar refractivity (Wildman–Crippen MR) is 84.5 cm³/mol. The fourth-order valence-corrected chi connectivity index (χ4v) is 2.84. The number of nitrogens with one attached hydrogen (secondary N) is 1. The Morgan fingerprint density at radius 2 is 2.23 bits per heavy atom. The van der Waals surface area contributed by atoms with Crippen LogP contribution >= 0.6 is 0 Å². The summed E-state index contributed by atoms with van der Waals surface area (Å²) in [4.78, 5) is 20.5. The Labute approximate surface area is 129 Å². The average molecular weight is 300 g/mol. The lowest BCUT2D eigenvalue weighted by Gasteiger charge is -2.35. The highest BCUT2D eigenvalue weighted by atomic mass is 16.5. The number of hydrogen-bond donors (Lipinski definition) is 2. The quantitative estimate of drug-likeness (QED) is 0.884. The summed E-state index contributed by atoms with van der Waals surface area (Å²) in [5.41, 5.74) is 6.86. The monoisotopic (exact) mass is 300 g/mol. The summed E-state index contributed by atoms with van der Waals surface area (Å²) in [6.07, 6.45) is 3.04. The number of nitrogen functional groups attached to an aromatic ring is 1. The average Bonchev–Trinajstić information content (AvgIpc) is 2.46. The Morgan fingerprint density at radius 3 is 3.00 bits per heavy atom. The molecular formula is C16H20N4O2. The first kappa shape index (κ1) is 14.7. The zero-order valence-corrected chi connectivity index (χ0v) is 12.8. The van der Waals surface area contributed by atoms with Gasteiger partial charge < -0.3 is 15.8 Å². The van der Waals surface area contributed by atoms with Gasteiger partial charge in [0.05, 0.1) is 11.1 Å². The summed E-state index contributed by atoms with van der Waals surface area (Å²) in [6, 6.07) is 5.41. The number of aromatic nitrogens is 2. The molecule has 0 aliphatic carbocycles. The third-order valence-electron chi connectivity index (χ3n) is 3.96. The molecule has 22 heavy (non-hydrogen) atoms. The highest BCUT2D eigenvalue weighted by Gasteiger charge is 2.29. The highest BCUT2D eigenvalue weighted by Crippen LogP contribution is 2.24. The molecule has 0 radical (unpaired) electrons. The van der Waals surface area contributed by atoms with Gasteiger partial charge in [0.15, 0.2) is 0 Å². The highest BCUT2D eigenvalue weighted by molar-refractivity contribution is 5.99. The molecule has 2 heterocycles. The molecular weight excluding hydrogens is 280 g/mol. The van der Waals surface area contributed by atoms with Gasteiger partial charge in [0.2, 0.25) is 0 Å². The van der Waals surface area contributed by atoms with E-state index in [1.54, 1.807) is 18.2 Å². The lowest BCUT2D eigenvalue weighted by Crippen LogP contribution is -2.45. The van der Waals surface area contributed by atoms with Gasteiger partial charge in [-0.15, -0.1) is 0 Å². The molecule has 1 saturated heterocycles. The van der Waals surface area contributed by atoms with Crippen molar-refractivity contribution in [1.29, 1.82) is 0 Å². The molecule has 116 valence electrons. The fourth-order valence-electron chi connectivity index (χ4n) is 2.84. The Hall–Kier alpha value is -2.21. The zero-order chi connectivity index (χ0) is 15.7. The second kappa shape index (κ2) is 5.53. The summed E-state index contributed by atoms with van der Waals surface area (Å²) < 4.78 is 5.67. The topological polar surface area (TPSA) is 90.1 Å². The number of carbonyl (C=O) groups excluding carboxylic acids is 1. The van der Waals surface area contributed by atoms with E-state index in [2.05, 4.69) is 15.3 Å². The van der Waals surface area contributed by atoms with Crippen molar-refractivity contribution in [2.45, 2.75) is 38.3 Å². The van der Waals surface area contributed by atoms with Crippen LogP contribution in [0, 0.1) is 0 Å². The first-order valence-corrected chi connectivity index (χ1v) is 7.40. The van der Waals surface area contributed by atoms with Crippen molar-refractivity contribution in [3.05, 3.63) is 30.1 Å². The molecule has 2 aromatic rings. The van der Waals surface area contributed by atoms with Crippen molar-refractivity contribution in [3.63, 3.8) is 0 Å². The second-order valence-electron chi connectivity index (χ2n) is 6.26. The smallest absolute Gasteiger partial charge is 0.251 e. The minimum absolute atomic E-state index is 0.0956. The summed E-state index contributed by atoms with van der Waals surface area (Å²) in [7, 11) is 0. The first-order chi connectivity index (χ1) is 10.4. The van der Waals surface area contributed by atoms with Crippen LogP contribution in [0.5, 0.6) is 0 Å². The summed E-state index contributed by atoms with van der Waals surface area (Å²) >= 11 is 0. The van der Waals surface area contributed by atoms with E-state index in [1.165, 1.54) is 6.33 Å². The van der Waals surface area contributed by atoms with Crippen molar-refractivity contribution in [1.82, 2.24) is 15.3 Å². The Balaban J connectivity index is 1.78. The molecule has 1 aromatic carbocycles. The number of nitrogens with two attached hydrogens (primary N) is 1. The van der Waals surface area contributed by atoms with Crippen LogP contribution in [0.2, 0.25) is 0 Å². The summed E-state index contributed by atoms with van der Waals surface area (Å²) in [6.45, 7) is 4.75. The van der Waals surface area contributed by atoms with Gasteiger partial charge in [-0.2, -0.15) is 0 Å². The number of hydrogen-bond acceptors (Lipinski definition) is 5. The number of rotatable bonds is 2. The molecule has 0 saturated carbocycles. The van der Waals surface area contributed by atoms with Crippen LogP contribution < -0.4 is 11.1 Å². The van der Waals surface area contributed by atoms with Crippen molar-refractivity contribution >= 4 is 22.6 Å². The van der Waals surface area contributed by atoms with Gasteiger partial charge in [-0.05, 0) is 44.9 Å². The van der Waals surface area contributed by atoms with E-state index in [-0.39, 0.29) is 17.6 Å². The van der Waals surface area contributed by atoms with Crippen LogP contribution in [-0.2, 0) is 4.74 Å². The van der Waals surface area contributed by atoms with E-state index in [4.69, 9.17) is 10.5 Å². The maximum absolute atomic E-state index is 12.4. The van der Waals surface area contributed by atoms with Gasteiger partial charge in [-0.1, -0.05) is 0 Å². The van der Waals surface area contributed by atoms with E-state index < -0.39 is 0 Å². The van der Waals surface area contributed by atoms with Crippen LogP contribution in [0.15, 0.2) is 24.5 Å². The molecule has 1 atom stereocenters. The first-order valence-electron chi connectivity index (χ1n) is 7.40.